The number of pyridine rings is 1. The highest BCUT2D eigenvalue weighted by Crippen LogP contribution is 2.29. The molecular weight excluding hydrogens is 288 g/mol. The van der Waals surface area contributed by atoms with E-state index in [1.54, 1.807) is 22.4 Å². The number of nitrogens with zero attached hydrogens (tertiary/aromatic N) is 3. The fraction of sp³-hybridized carbons (Fsp3) is 0.357. The maximum Gasteiger partial charge on any atom is 0.269 e. The standard InChI is InChI=1S/C14H16N4O4/c1-22-7-3-15-14(21)9-8-16-13-11-12(20)10(19)2-4-17(11)5-6-18(9)13/h2,4,8,20H,3,5-7H2,1H3,(H,15,21). The van der Waals surface area contributed by atoms with Crippen LogP contribution in [0.1, 0.15) is 10.5 Å². The molecule has 116 valence electrons. The molecule has 2 aromatic rings. The monoisotopic (exact) mass is 304 g/mol. The lowest BCUT2D eigenvalue weighted by Gasteiger charge is -2.22. The zero-order valence-corrected chi connectivity index (χ0v) is 12.1. The Morgan fingerprint density at radius 2 is 2.32 bits per heavy atom. The first-order valence-electron chi connectivity index (χ1n) is 6.89. The van der Waals surface area contributed by atoms with E-state index in [2.05, 4.69) is 10.3 Å². The first kappa shape index (κ1) is 14.3. The Morgan fingerprint density at radius 1 is 1.50 bits per heavy atom. The summed E-state index contributed by atoms with van der Waals surface area (Å²) < 4.78 is 8.35. The fourth-order valence-corrected chi connectivity index (χ4v) is 2.52. The normalized spacial score (nSPS) is 12.6. The average Bonchev–Trinajstić information content (AvgIpc) is 2.95. The van der Waals surface area contributed by atoms with Crippen LogP contribution in [0.2, 0.25) is 0 Å². The van der Waals surface area contributed by atoms with Crippen molar-refractivity contribution in [3.63, 3.8) is 0 Å². The third kappa shape index (κ3) is 2.27. The number of imidazole rings is 1. The molecule has 0 radical (unpaired) electrons. The van der Waals surface area contributed by atoms with Gasteiger partial charge in [-0.2, -0.15) is 0 Å². The van der Waals surface area contributed by atoms with E-state index in [0.717, 1.165) is 0 Å². The van der Waals surface area contributed by atoms with Gasteiger partial charge in [0.2, 0.25) is 5.43 Å². The van der Waals surface area contributed by atoms with Gasteiger partial charge in [-0.25, -0.2) is 4.98 Å². The van der Waals surface area contributed by atoms with Crippen molar-refractivity contribution in [2.75, 3.05) is 20.3 Å². The summed E-state index contributed by atoms with van der Waals surface area (Å²) in [5, 5.41) is 12.7. The smallest absolute Gasteiger partial charge is 0.269 e. The minimum absolute atomic E-state index is 0.262. The van der Waals surface area contributed by atoms with E-state index in [4.69, 9.17) is 4.74 Å². The van der Waals surface area contributed by atoms with Crippen molar-refractivity contribution in [2.24, 2.45) is 0 Å². The van der Waals surface area contributed by atoms with Gasteiger partial charge in [0, 0.05) is 39.0 Å². The van der Waals surface area contributed by atoms with Crippen LogP contribution in [0, 0.1) is 0 Å². The van der Waals surface area contributed by atoms with Gasteiger partial charge < -0.3 is 24.3 Å². The molecule has 0 atom stereocenters. The Morgan fingerprint density at radius 3 is 3.09 bits per heavy atom. The molecule has 0 saturated carbocycles. The van der Waals surface area contributed by atoms with Crippen LogP contribution in [0.15, 0.2) is 23.3 Å². The summed E-state index contributed by atoms with van der Waals surface area (Å²) in [5.41, 5.74) is 0.275. The van der Waals surface area contributed by atoms with Crippen LogP contribution in [0.4, 0.5) is 0 Å². The van der Waals surface area contributed by atoms with Crippen molar-refractivity contribution in [1.82, 2.24) is 19.4 Å². The third-order valence-corrected chi connectivity index (χ3v) is 3.61. The topological polar surface area (TPSA) is 98.4 Å². The van der Waals surface area contributed by atoms with E-state index < -0.39 is 5.43 Å². The molecule has 1 amide bonds. The van der Waals surface area contributed by atoms with Gasteiger partial charge in [-0.05, 0) is 0 Å². The largest absolute Gasteiger partial charge is 0.503 e. The SMILES string of the molecule is COCCNC(=O)c1cnc2n1CCn1ccc(=O)c(O)c1-2. The molecule has 2 aromatic heterocycles. The highest BCUT2D eigenvalue weighted by atomic mass is 16.5. The van der Waals surface area contributed by atoms with Crippen LogP contribution in [-0.2, 0) is 17.8 Å². The van der Waals surface area contributed by atoms with E-state index in [9.17, 15) is 14.7 Å². The van der Waals surface area contributed by atoms with Crippen LogP contribution in [0.5, 0.6) is 5.75 Å². The Bertz CT molecular complexity index is 778. The number of rotatable bonds is 4. The molecular formula is C14H16N4O4. The van der Waals surface area contributed by atoms with Gasteiger partial charge in [0.25, 0.3) is 5.91 Å². The molecule has 0 aromatic carbocycles. The van der Waals surface area contributed by atoms with E-state index in [-0.39, 0.29) is 11.7 Å². The predicted octanol–water partition coefficient (Wildman–Crippen LogP) is -0.193. The lowest BCUT2D eigenvalue weighted by molar-refractivity contribution is 0.0927. The molecule has 22 heavy (non-hydrogen) atoms. The number of ether oxygens (including phenoxy) is 1. The number of aromatic hydroxyl groups is 1. The van der Waals surface area contributed by atoms with Crippen molar-refractivity contribution >= 4 is 5.91 Å². The molecule has 0 aliphatic carbocycles. The fourth-order valence-electron chi connectivity index (χ4n) is 2.52. The number of methoxy groups -OCH3 is 1. The summed E-state index contributed by atoms with van der Waals surface area (Å²) >= 11 is 0. The maximum absolute atomic E-state index is 12.2. The Hall–Kier alpha value is -2.61. The molecule has 0 unspecified atom stereocenters. The zero-order chi connectivity index (χ0) is 15.7. The average molecular weight is 304 g/mol. The minimum atomic E-state index is -0.464. The number of nitrogens with one attached hydrogen (secondary N) is 1. The van der Waals surface area contributed by atoms with Gasteiger partial charge in [-0.15, -0.1) is 0 Å². The first-order valence-corrected chi connectivity index (χ1v) is 6.89. The van der Waals surface area contributed by atoms with E-state index in [0.29, 0.717) is 43.5 Å². The van der Waals surface area contributed by atoms with Crippen LogP contribution in [0.25, 0.3) is 11.5 Å². The van der Waals surface area contributed by atoms with Gasteiger partial charge in [-0.3, -0.25) is 9.59 Å². The van der Waals surface area contributed by atoms with Gasteiger partial charge in [0.15, 0.2) is 11.6 Å². The molecule has 1 aliphatic rings. The number of fused-ring (bicyclic) bond motifs is 3. The first-order chi connectivity index (χ1) is 10.6. The molecule has 0 bridgehead atoms. The van der Waals surface area contributed by atoms with Crippen molar-refractivity contribution in [3.8, 4) is 17.3 Å². The molecule has 8 nitrogen and oxygen atoms in total. The summed E-state index contributed by atoms with van der Waals surface area (Å²) in [6.45, 7) is 1.91. The highest BCUT2D eigenvalue weighted by molar-refractivity contribution is 5.93. The summed E-state index contributed by atoms with van der Waals surface area (Å²) in [6, 6.07) is 1.32. The summed E-state index contributed by atoms with van der Waals surface area (Å²) in [7, 11) is 1.56. The number of hydrogen-bond acceptors (Lipinski definition) is 5. The Labute approximate surface area is 126 Å². The van der Waals surface area contributed by atoms with Crippen molar-refractivity contribution in [1.29, 1.82) is 0 Å². The van der Waals surface area contributed by atoms with Gasteiger partial charge in [0.05, 0.1) is 12.8 Å². The van der Waals surface area contributed by atoms with Crippen molar-refractivity contribution < 1.29 is 14.6 Å². The van der Waals surface area contributed by atoms with E-state index in [1.807, 2.05) is 0 Å². The molecule has 8 heteroatoms. The molecule has 0 fully saturated rings. The second kappa shape index (κ2) is 5.64. The second-order valence-electron chi connectivity index (χ2n) is 4.94. The lowest BCUT2D eigenvalue weighted by Crippen LogP contribution is -2.30. The molecule has 3 heterocycles. The number of aryl methyl sites for hydroxylation is 1. The molecule has 2 N–H and O–H groups in total. The Kier molecular flexibility index (Phi) is 3.68. The van der Waals surface area contributed by atoms with Crippen molar-refractivity contribution in [2.45, 2.75) is 13.1 Å². The van der Waals surface area contributed by atoms with Crippen LogP contribution < -0.4 is 10.7 Å². The summed E-state index contributed by atoms with van der Waals surface area (Å²) in [4.78, 5) is 28.0. The molecule has 1 aliphatic heterocycles. The number of amides is 1. The highest BCUT2D eigenvalue weighted by Gasteiger charge is 2.25. The number of aromatic nitrogens is 3. The zero-order valence-electron chi connectivity index (χ0n) is 12.1. The predicted molar refractivity (Wildman–Crippen MR) is 77.8 cm³/mol. The van der Waals surface area contributed by atoms with E-state index in [1.165, 1.54) is 12.3 Å². The van der Waals surface area contributed by atoms with Crippen LogP contribution >= 0.6 is 0 Å². The summed E-state index contributed by atoms with van der Waals surface area (Å²) in [5.74, 6) is -0.194. The number of hydrogen-bond donors (Lipinski definition) is 2. The third-order valence-electron chi connectivity index (χ3n) is 3.61. The van der Waals surface area contributed by atoms with E-state index >= 15 is 0 Å². The molecule has 0 saturated heterocycles. The van der Waals surface area contributed by atoms with Crippen molar-refractivity contribution in [3.05, 3.63) is 34.4 Å². The quantitative estimate of drug-likeness (QED) is 0.763. The maximum atomic E-state index is 12.2. The molecule has 3 rings (SSSR count). The lowest BCUT2D eigenvalue weighted by atomic mass is 10.2. The number of carbonyl (C=O) groups excluding carboxylic acids is 1. The van der Waals surface area contributed by atoms with Crippen LogP contribution in [0.3, 0.4) is 0 Å². The van der Waals surface area contributed by atoms with Gasteiger partial charge >= 0.3 is 0 Å². The van der Waals surface area contributed by atoms with Gasteiger partial charge in [0.1, 0.15) is 11.4 Å². The van der Waals surface area contributed by atoms with Gasteiger partial charge in [-0.1, -0.05) is 0 Å². The summed E-state index contributed by atoms with van der Waals surface area (Å²) in [6.07, 6.45) is 3.07. The number of carbonyl (C=O) groups is 1. The second-order valence-corrected chi connectivity index (χ2v) is 4.94. The van der Waals surface area contributed by atoms with Crippen LogP contribution in [-0.4, -0.2) is 45.4 Å². The molecule has 0 spiro atoms. The minimum Gasteiger partial charge on any atom is -0.503 e. The Balaban J connectivity index is 1.98.